The van der Waals surface area contributed by atoms with Crippen LogP contribution in [0.5, 0.6) is 0 Å². The van der Waals surface area contributed by atoms with Crippen molar-refractivity contribution in [3.05, 3.63) is 83.6 Å². The molecule has 3 heterocycles. The standard InChI is InChI=1S/C42H49N5O6/c1-26(2)37(44-40(50)52-3)38(48)46-21-5-7-35(46)32-18-17-31(23-32)29-13-9-27(10-14-29)28-11-15-30(16-12-28)33-24-34(43-25-33)36-8-6-22-47(36)39(49)42(19-20-42)45-41(51)53-4/h9-18,25-26,35-37H,5-8,19-24H2,1-4H3,(H,44,50)(H,45,51)/t35-,36-,37-/m0/s1. The molecule has 7 rings (SSSR count). The molecule has 2 N–H and O–H groups in total. The zero-order chi connectivity index (χ0) is 37.3. The highest BCUT2D eigenvalue weighted by Crippen LogP contribution is 2.41. The molecule has 5 aliphatic rings. The Kier molecular flexibility index (Phi) is 10.3. The molecule has 2 aromatic rings. The Bertz CT molecular complexity index is 1890. The number of nitrogens with one attached hydrogen (secondary N) is 2. The number of aliphatic imine (C=N–C) groups is 1. The molecule has 0 unspecified atom stereocenters. The second-order valence-electron chi connectivity index (χ2n) is 15.1. The van der Waals surface area contributed by atoms with Gasteiger partial charge in [0.05, 0.1) is 26.3 Å². The zero-order valence-electron chi connectivity index (χ0n) is 31.0. The number of amides is 4. The van der Waals surface area contributed by atoms with Gasteiger partial charge in [-0.3, -0.25) is 14.6 Å². The Balaban J connectivity index is 0.936. The molecular weight excluding hydrogens is 670 g/mol. The summed E-state index contributed by atoms with van der Waals surface area (Å²) in [5.74, 6) is -0.145. The van der Waals surface area contributed by atoms with Gasteiger partial charge in [0.25, 0.3) is 0 Å². The number of alkyl carbamates (subject to hydrolysis) is 2. The minimum Gasteiger partial charge on any atom is -0.453 e. The zero-order valence-corrected chi connectivity index (χ0v) is 31.0. The maximum absolute atomic E-state index is 13.6. The van der Waals surface area contributed by atoms with Crippen LogP contribution in [0.1, 0.15) is 76.3 Å². The van der Waals surface area contributed by atoms with Crippen molar-refractivity contribution in [2.45, 2.75) is 88.9 Å². The van der Waals surface area contributed by atoms with Crippen LogP contribution in [0, 0.1) is 5.92 Å². The minimum atomic E-state index is -0.837. The molecule has 0 aromatic heterocycles. The summed E-state index contributed by atoms with van der Waals surface area (Å²) in [6, 6.07) is 16.5. The van der Waals surface area contributed by atoms with Crippen molar-refractivity contribution < 1.29 is 28.7 Å². The van der Waals surface area contributed by atoms with Gasteiger partial charge in [0.15, 0.2) is 0 Å². The monoisotopic (exact) mass is 719 g/mol. The van der Waals surface area contributed by atoms with E-state index in [1.807, 2.05) is 29.8 Å². The molecule has 0 radical (unpaired) electrons. The van der Waals surface area contributed by atoms with E-state index in [-0.39, 0.29) is 29.8 Å². The van der Waals surface area contributed by atoms with E-state index in [1.165, 1.54) is 25.4 Å². The van der Waals surface area contributed by atoms with Crippen molar-refractivity contribution in [3.8, 4) is 11.1 Å². The summed E-state index contributed by atoms with van der Waals surface area (Å²) < 4.78 is 9.54. The SMILES string of the molecule is COC(=O)N[C@H](C(=O)N1CCC[C@H]1C1=CC=C(c2ccc(-c3ccc(C4=CN=C([C@@H]5CCCN5C(=O)C5(NC(=O)OC)CC5)C4)cc3)cc2)C1)C(C)C. The Morgan fingerprint density at radius 1 is 0.755 bits per heavy atom. The molecule has 0 spiro atoms. The molecule has 53 heavy (non-hydrogen) atoms. The molecule has 11 heteroatoms. The van der Waals surface area contributed by atoms with Crippen LogP contribution in [0.3, 0.4) is 0 Å². The van der Waals surface area contributed by atoms with Crippen LogP contribution < -0.4 is 10.6 Å². The maximum atomic E-state index is 13.6. The lowest BCUT2D eigenvalue weighted by Gasteiger charge is -2.31. The summed E-state index contributed by atoms with van der Waals surface area (Å²) in [4.78, 5) is 59.5. The van der Waals surface area contributed by atoms with E-state index in [0.717, 1.165) is 65.6 Å². The second kappa shape index (κ2) is 15.0. The summed E-state index contributed by atoms with van der Waals surface area (Å²) in [6.45, 7) is 5.22. The van der Waals surface area contributed by atoms with Gasteiger partial charge in [0, 0.05) is 31.4 Å². The van der Waals surface area contributed by atoms with Gasteiger partial charge in [-0.2, -0.15) is 0 Å². The van der Waals surface area contributed by atoms with Crippen molar-refractivity contribution in [1.29, 1.82) is 0 Å². The lowest BCUT2D eigenvalue weighted by atomic mass is 9.94. The first-order valence-corrected chi connectivity index (χ1v) is 18.8. The highest BCUT2D eigenvalue weighted by Gasteiger charge is 2.55. The van der Waals surface area contributed by atoms with E-state index in [9.17, 15) is 19.2 Å². The first-order valence-electron chi connectivity index (χ1n) is 18.8. The van der Waals surface area contributed by atoms with Gasteiger partial charge in [-0.1, -0.05) is 74.5 Å². The van der Waals surface area contributed by atoms with E-state index in [4.69, 9.17) is 14.5 Å². The maximum Gasteiger partial charge on any atom is 0.407 e. The lowest BCUT2D eigenvalue weighted by molar-refractivity contribution is -0.135. The average Bonchev–Trinajstić information content (AvgIpc) is 3.75. The van der Waals surface area contributed by atoms with Crippen molar-refractivity contribution in [2.24, 2.45) is 10.9 Å². The third kappa shape index (κ3) is 7.39. The molecule has 4 amide bonds. The van der Waals surface area contributed by atoms with Crippen LogP contribution in [0.15, 0.2) is 77.4 Å². The largest absolute Gasteiger partial charge is 0.453 e. The normalized spacial score (nSPS) is 22.1. The molecule has 0 bridgehead atoms. The number of hydrogen-bond donors (Lipinski definition) is 2. The van der Waals surface area contributed by atoms with Crippen molar-refractivity contribution in [3.63, 3.8) is 0 Å². The lowest BCUT2D eigenvalue weighted by Crippen LogP contribution is -2.53. The second-order valence-corrected chi connectivity index (χ2v) is 15.1. The number of allylic oxidation sites excluding steroid dienone is 4. The third-order valence-electron chi connectivity index (χ3n) is 11.4. The minimum absolute atomic E-state index is 0.0240. The highest BCUT2D eigenvalue weighted by molar-refractivity contribution is 6.04. The molecule has 2 aliphatic carbocycles. The number of hydrogen-bond acceptors (Lipinski definition) is 7. The molecular formula is C42H49N5O6. The summed E-state index contributed by atoms with van der Waals surface area (Å²) in [7, 11) is 2.63. The quantitative estimate of drug-likeness (QED) is 0.288. The Hall–Kier alpha value is -5.19. The molecule has 2 saturated heterocycles. The topological polar surface area (TPSA) is 130 Å². The Morgan fingerprint density at radius 2 is 1.34 bits per heavy atom. The van der Waals surface area contributed by atoms with Gasteiger partial charge in [-0.15, -0.1) is 0 Å². The summed E-state index contributed by atoms with van der Waals surface area (Å²) in [6.07, 6.45) is 11.5. The van der Waals surface area contributed by atoms with Crippen LogP contribution >= 0.6 is 0 Å². The van der Waals surface area contributed by atoms with E-state index in [1.54, 1.807) is 0 Å². The van der Waals surface area contributed by atoms with Gasteiger partial charge in [0.1, 0.15) is 11.6 Å². The molecule has 11 nitrogen and oxygen atoms in total. The number of nitrogens with zero attached hydrogens (tertiary/aromatic N) is 3. The summed E-state index contributed by atoms with van der Waals surface area (Å²) in [5, 5.41) is 5.50. The van der Waals surface area contributed by atoms with Crippen LogP contribution in [0.4, 0.5) is 9.59 Å². The number of carbonyl (C=O) groups is 4. The van der Waals surface area contributed by atoms with E-state index in [0.29, 0.717) is 32.4 Å². The number of ether oxygens (including phenoxy) is 2. The Labute approximate surface area is 311 Å². The first kappa shape index (κ1) is 36.2. The third-order valence-corrected chi connectivity index (χ3v) is 11.4. The molecule has 3 aliphatic heterocycles. The smallest absolute Gasteiger partial charge is 0.407 e. The fourth-order valence-electron chi connectivity index (χ4n) is 8.24. The molecule has 2 aromatic carbocycles. The summed E-state index contributed by atoms with van der Waals surface area (Å²) >= 11 is 0. The molecule has 3 fully saturated rings. The van der Waals surface area contributed by atoms with Gasteiger partial charge < -0.3 is 29.9 Å². The van der Waals surface area contributed by atoms with E-state index >= 15 is 0 Å². The predicted molar refractivity (Wildman–Crippen MR) is 204 cm³/mol. The van der Waals surface area contributed by atoms with E-state index in [2.05, 4.69) is 71.3 Å². The molecule has 3 atom stereocenters. The number of carbonyl (C=O) groups excluding carboxylic acids is 4. The van der Waals surface area contributed by atoms with Gasteiger partial charge in [0.2, 0.25) is 11.8 Å². The highest BCUT2D eigenvalue weighted by atomic mass is 16.5. The van der Waals surface area contributed by atoms with Crippen molar-refractivity contribution >= 4 is 40.9 Å². The van der Waals surface area contributed by atoms with Gasteiger partial charge in [-0.05, 0) is 89.8 Å². The van der Waals surface area contributed by atoms with Gasteiger partial charge in [-0.25, -0.2) is 9.59 Å². The first-order chi connectivity index (χ1) is 25.6. The van der Waals surface area contributed by atoms with E-state index < -0.39 is 23.8 Å². The molecule has 278 valence electrons. The number of benzene rings is 2. The fourth-order valence-corrected chi connectivity index (χ4v) is 8.24. The number of rotatable bonds is 10. The number of methoxy groups -OCH3 is 2. The van der Waals surface area contributed by atoms with Crippen LogP contribution in [0.25, 0.3) is 22.3 Å². The van der Waals surface area contributed by atoms with Crippen LogP contribution in [-0.2, 0) is 19.1 Å². The van der Waals surface area contributed by atoms with Gasteiger partial charge >= 0.3 is 12.2 Å². The fraction of sp³-hybridized carbons (Fsp3) is 0.452. The average molecular weight is 720 g/mol. The summed E-state index contributed by atoms with van der Waals surface area (Å²) in [5.41, 5.74) is 8.28. The Morgan fingerprint density at radius 3 is 1.94 bits per heavy atom. The van der Waals surface area contributed by atoms with Crippen molar-refractivity contribution in [2.75, 3.05) is 27.3 Å². The predicted octanol–water partition coefficient (Wildman–Crippen LogP) is 6.50. The van der Waals surface area contributed by atoms with Crippen molar-refractivity contribution in [1.82, 2.24) is 20.4 Å². The molecule has 1 saturated carbocycles. The van der Waals surface area contributed by atoms with Crippen LogP contribution in [-0.4, -0.2) is 90.5 Å². The number of likely N-dealkylation sites (tertiary alicyclic amines) is 2. The van der Waals surface area contributed by atoms with Crippen LogP contribution in [0.2, 0.25) is 0 Å².